The Hall–Kier alpha value is -3.26. The zero-order valence-electron chi connectivity index (χ0n) is 16.4. The second-order valence-electron chi connectivity index (χ2n) is 6.34. The Labute approximate surface area is 174 Å². The summed E-state index contributed by atoms with van der Waals surface area (Å²) in [5.74, 6) is -0.469. The van der Waals surface area contributed by atoms with Gasteiger partial charge in [0.2, 0.25) is 5.91 Å². The number of rotatable bonds is 6. The van der Waals surface area contributed by atoms with Gasteiger partial charge in [0.1, 0.15) is 6.10 Å². The normalized spacial score (nSPS) is 11.1. The number of anilines is 2. The van der Waals surface area contributed by atoms with Crippen LogP contribution < -0.4 is 16.0 Å². The average molecular weight is 413 g/mol. The largest absolute Gasteiger partial charge is 0.446 e. The molecule has 0 radical (unpaired) electrons. The van der Waals surface area contributed by atoms with E-state index in [1.165, 1.54) is 6.92 Å². The van der Waals surface area contributed by atoms with Crippen molar-refractivity contribution in [2.75, 3.05) is 10.6 Å². The fourth-order valence-corrected chi connectivity index (χ4v) is 2.58. The van der Waals surface area contributed by atoms with Crippen LogP contribution in [0.25, 0.3) is 0 Å². The second-order valence-corrected chi connectivity index (χ2v) is 6.75. The molecule has 8 heteroatoms. The van der Waals surface area contributed by atoms with E-state index in [4.69, 9.17) is 17.0 Å². The topological polar surface area (TPSA) is 96.5 Å². The third-order valence-electron chi connectivity index (χ3n) is 3.98. The minimum atomic E-state index is -0.686. The average Bonchev–Trinajstić information content (AvgIpc) is 2.68. The molecule has 7 nitrogen and oxygen atoms in total. The molecular formula is C21H23N3O4S. The Bertz CT molecular complexity index is 915. The summed E-state index contributed by atoms with van der Waals surface area (Å²) in [6.45, 7) is 5.03. The first-order chi connectivity index (χ1) is 13.8. The zero-order chi connectivity index (χ0) is 21.4. The predicted molar refractivity (Wildman–Crippen MR) is 116 cm³/mol. The van der Waals surface area contributed by atoms with E-state index in [0.717, 1.165) is 0 Å². The van der Waals surface area contributed by atoms with E-state index in [1.54, 1.807) is 49.4 Å². The lowest BCUT2D eigenvalue weighted by molar-refractivity contribution is -0.114. The molecule has 152 valence electrons. The van der Waals surface area contributed by atoms with E-state index in [1.807, 2.05) is 13.0 Å². The molecule has 1 unspecified atom stereocenters. The molecule has 3 N–H and O–H groups in total. The highest BCUT2D eigenvalue weighted by Gasteiger charge is 2.15. The number of alkyl carbamates (subject to hydrolysis) is 1. The van der Waals surface area contributed by atoms with Crippen molar-refractivity contribution in [3.05, 3.63) is 59.7 Å². The van der Waals surface area contributed by atoms with Gasteiger partial charge in [-0.25, -0.2) is 4.79 Å². The lowest BCUT2D eigenvalue weighted by Gasteiger charge is -2.16. The molecule has 0 aliphatic heterocycles. The molecule has 0 saturated carbocycles. The maximum atomic E-state index is 12.7. The molecule has 0 aliphatic rings. The number of thiocarbonyl (C=S) groups is 1. The summed E-state index contributed by atoms with van der Waals surface area (Å²) in [6.07, 6.45) is -0.266. The molecule has 0 aliphatic carbocycles. The van der Waals surface area contributed by atoms with Crippen LogP contribution in [0.4, 0.5) is 16.2 Å². The third-order valence-corrected chi connectivity index (χ3v) is 4.18. The molecule has 29 heavy (non-hydrogen) atoms. The number of carbonyl (C=O) groups is 3. The van der Waals surface area contributed by atoms with Gasteiger partial charge in [-0.05, 0) is 43.8 Å². The maximum absolute atomic E-state index is 12.7. The van der Waals surface area contributed by atoms with Gasteiger partial charge in [0.05, 0.1) is 11.4 Å². The Kier molecular flexibility index (Phi) is 7.85. The van der Waals surface area contributed by atoms with Gasteiger partial charge < -0.3 is 15.4 Å². The predicted octanol–water partition coefficient (Wildman–Crippen LogP) is 4.10. The first kappa shape index (κ1) is 22.0. The minimum Gasteiger partial charge on any atom is -0.446 e. The first-order valence-corrected chi connectivity index (χ1v) is 9.51. The van der Waals surface area contributed by atoms with Crippen molar-refractivity contribution >= 4 is 46.5 Å². The Balaban J connectivity index is 2.23. The van der Waals surface area contributed by atoms with Gasteiger partial charge in [-0.15, -0.1) is 0 Å². The summed E-state index contributed by atoms with van der Waals surface area (Å²) in [7, 11) is 0. The molecular weight excluding hydrogens is 390 g/mol. The van der Waals surface area contributed by atoms with Crippen LogP contribution in [-0.2, 0) is 9.53 Å². The van der Waals surface area contributed by atoms with Crippen LogP contribution in [0.3, 0.4) is 0 Å². The van der Waals surface area contributed by atoms with Crippen LogP contribution in [0.1, 0.15) is 43.1 Å². The number of hydrogen-bond donors (Lipinski definition) is 3. The monoisotopic (exact) mass is 413 g/mol. The standard InChI is InChI=1S/C21H23N3O4S/c1-4-13(2)28-21(27)24-20(29)23-18-12-16(10-11-17(18)22-14(3)25)19(26)15-8-6-5-7-9-15/h5-13H,4H2,1-3H3,(H,22,25)(H2,23,24,27,29). The van der Waals surface area contributed by atoms with Gasteiger partial charge in [0.15, 0.2) is 10.9 Å². The van der Waals surface area contributed by atoms with Crippen LogP contribution in [0.5, 0.6) is 0 Å². The van der Waals surface area contributed by atoms with Gasteiger partial charge in [-0.2, -0.15) is 0 Å². The van der Waals surface area contributed by atoms with Gasteiger partial charge >= 0.3 is 6.09 Å². The van der Waals surface area contributed by atoms with E-state index >= 15 is 0 Å². The highest BCUT2D eigenvalue weighted by Crippen LogP contribution is 2.25. The lowest BCUT2D eigenvalue weighted by atomic mass is 10.0. The number of hydrogen-bond acceptors (Lipinski definition) is 5. The molecule has 2 rings (SSSR count). The van der Waals surface area contributed by atoms with Gasteiger partial charge in [0.25, 0.3) is 0 Å². The van der Waals surface area contributed by atoms with E-state index in [0.29, 0.717) is 28.9 Å². The zero-order valence-corrected chi connectivity index (χ0v) is 17.3. The van der Waals surface area contributed by atoms with Crippen molar-refractivity contribution in [1.82, 2.24) is 5.32 Å². The molecule has 0 spiro atoms. The summed E-state index contributed by atoms with van der Waals surface area (Å²) in [4.78, 5) is 36.1. The number of ketones is 1. The first-order valence-electron chi connectivity index (χ1n) is 9.10. The van der Waals surface area contributed by atoms with Crippen LogP contribution in [0.15, 0.2) is 48.5 Å². The highest BCUT2D eigenvalue weighted by molar-refractivity contribution is 7.80. The fourth-order valence-electron chi connectivity index (χ4n) is 2.39. The summed E-state index contributed by atoms with van der Waals surface area (Å²) < 4.78 is 5.12. The van der Waals surface area contributed by atoms with E-state index in [2.05, 4.69) is 16.0 Å². The van der Waals surface area contributed by atoms with Crippen molar-refractivity contribution in [2.24, 2.45) is 0 Å². The number of carbonyl (C=O) groups excluding carboxylic acids is 3. The number of benzene rings is 2. The van der Waals surface area contributed by atoms with Crippen molar-refractivity contribution in [2.45, 2.75) is 33.3 Å². The minimum absolute atomic E-state index is 0.0192. The smallest absolute Gasteiger partial charge is 0.413 e. The van der Waals surface area contributed by atoms with Crippen LogP contribution in [0.2, 0.25) is 0 Å². The Morgan fingerprint density at radius 3 is 2.31 bits per heavy atom. The number of nitrogens with one attached hydrogen (secondary N) is 3. The van der Waals surface area contributed by atoms with Crippen LogP contribution in [-0.4, -0.2) is 29.0 Å². The molecule has 0 aromatic heterocycles. The van der Waals surface area contributed by atoms with Gasteiger partial charge in [0, 0.05) is 18.1 Å². The molecule has 0 bridgehead atoms. The van der Waals surface area contributed by atoms with Gasteiger partial charge in [-0.3, -0.25) is 14.9 Å². The molecule has 0 fully saturated rings. The summed E-state index contributed by atoms with van der Waals surface area (Å²) in [6, 6.07) is 13.6. The molecule has 2 aromatic rings. The van der Waals surface area contributed by atoms with Crippen molar-refractivity contribution < 1.29 is 19.1 Å². The molecule has 0 saturated heterocycles. The molecule has 2 amide bonds. The number of amides is 2. The van der Waals surface area contributed by atoms with Crippen molar-refractivity contribution in [3.63, 3.8) is 0 Å². The second kappa shape index (κ2) is 10.3. The van der Waals surface area contributed by atoms with Gasteiger partial charge in [-0.1, -0.05) is 37.3 Å². The quantitative estimate of drug-likeness (QED) is 0.487. The maximum Gasteiger partial charge on any atom is 0.413 e. The number of ether oxygens (including phenoxy) is 1. The van der Waals surface area contributed by atoms with Crippen LogP contribution in [0, 0.1) is 0 Å². The van der Waals surface area contributed by atoms with Crippen molar-refractivity contribution in [3.8, 4) is 0 Å². The lowest BCUT2D eigenvalue weighted by Crippen LogP contribution is -2.36. The molecule has 2 aromatic carbocycles. The summed E-state index contributed by atoms with van der Waals surface area (Å²) >= 11 is 5.16. The SMILES string of the molecule is CCC(C)OC(=O)NC(=S)Nc1cc(C(=O)c2ccccc2)ccc1NC(C)=O. The Morgan fingerprint density at radius 1 is 1.00 bits per heavy atom. The van der Waals surface area contributed by atoms with E-state index in [9.17, 15) is 14.4 Å². The van der Waals surface area contributed by atoms with E-state index < -0.39 is 6.09 Å². The summed E-state index contributed by atoms with van der Waals surface area (Å²) in [5, 5.41) is 7.90. The van der Waals surface area contributed by atoms with E-state index in [-0.39, 0.29) is 22.9 Å². The van der Waals surface area contributed by atoms with Crippen molar-refractivity contribution in [1.29, 1.82) is 0 Å². The van der Waals surface area contributed by atoms with Crippen LogP contribution >= 0.6 is 12.2 Å². The highest BCUT2D eigenvalue weighted by atomic mass is 32.1. The molecule has 0 heterocycles. The fraction of sp³-hybridized carbons (Fsp3) is 0.238. The Morgan fingerprint density at radius 2 is 1.69 bits per heavy atom. The summed E-state index contributed by atoms with van der Waals surface area (Å²) in [5.41, 5.74) is 1.72. The molecule has 1 atom stereocenters. The third kappa shape index (κ3) is 6.69.